The molecule has 1 fully saturated rings. The molecule has 0 bridgehead atoms. The Balaban J connectivity index is 1.67. The fourth-order valence-electron chi connectivity index (χ4n) is 6.32. The first-order valence-electron chi connectivity index (χ1n) is 14.8. The van der Waals surface area contributed by atoms with Gasteiger partial charge in [0, 0.05) is 16.1 Å². The van der Waals surface area contributed by atoms with Crippen LogP contribution in [0.4, 0.5) is 0 Å². The first-order chi connectivity index (χ1) is 20.0. The average Bonchev–Trinajstić information content (AvgIpc) is 3.26. The maximum absolute atomic E-state index is 14.3. The molecule has 0 aromatic heterocycles. The largest absolute Gasteiger partial charge is 0.345 e. The number of nitrogens with two attached hydrogens (primary N) is 1. The average molecular weight is 592 g/mol. The van der Waals surface area contributed by atoms with E-state index in [-0.39, 0.29) is 35.7 Å². The lowest BCUT2D eigenvalue weighted by molar-refractivity contribution is -0.133. The number of aliphatic imine (C=N–C) groups is 1. The molecule has 1 unspecified atom stereocenters. The van der Waals surface area contributed by atoms with Crippen molar-refractivity contribution in [2.24, 2.45) is 32.5 Å². The highest BCUT2D eigenvalue weighted by Crippen LogP contribution is 2.50. The molecule has 224 valence electrons. The van der Waals surface area contributed by atoms with Crippen molar-refractivity contribution in [1.29, 1.82) is 5.41 Å². The highest BCUT2D eigenvalue weighted by atomic mass is 35.5. The third-order valence-corrected chi connectivity index (χ3v) is 9.35. The van der Waals surface area contributed by atoms with Crippen LogP contribution < -0.4 is 11.2 Å². The van der Waals surface area contributed by atoms with Gasteiger partial charge in [-0.1, -0.05) is 81.6 Å². The Kier molecular flexibility index (Phi) is 9.82. The summed E-state index contributed by atoms with van der Waals surface area (Å²) in [7, 11) is 0. The Labute approximate surface area is 253 Å². The van der Waals surface area contributed by atoms with Gasteiger partial charge in [0.05, 0.1) is 12.6 Å². The normalized spacial score (nSPS) is 21.5. The Morgan fingerprint density at radius 1 is 1.21 bits per heavy atom. The smallest absolute Gasteiger partial charge is 0.275 e. The van der Waals surface area contributed by atoms with Gasteiger partial charge in [0.1, 0.15) is 11.4 Å². The van der Waals surface area contributed by atoms with Crippen molar-refractivity contribution >= 4 is 35.0 Å². The molecule has 2 aromatic carbocycles. The Morgan fingerprint density at radius 3 is 2.50 bits per heavy atom. The van der Waals surface area contributed by atoms with E-state index in [2.05, 4.69) is 43.3 Å². The lowest BCUT2D eigenvalue weighted by atomic mass is 9.67. The van der Waals surface area contributed by atoms with Gasteiger partial charge >= 0.3 is 0 Å². The number of benzene rings is 2. The standard InChI is InChI=1S/C32H42ClN7O2/c1-5-8-26(21-11-13-22(14-12-21)29(41)36-20-27(34)38-39-35)40-30(42)28(23-9-7-10-25(33)19-23)37-32(40)17-15-24(16-18-32)31(3,4)6-2/h7,9-14,19,24,26H,5-6,8,15-18,20H2,1-4H3,(H,36,41)(H3,34,35,38). The van der Waals surface area contributed by atoms with Gasteiger partial charge in [0.25, 0.3) is 11.8 Å². The van der Waals surface area contributed by atoms with Crippen molar-refractivity contribution in [2.75, 3.05) is 6.54 Å². The summed E-state index contributed by atoms with van der Waals surface area (Å²) in [4.78, 5) is 34.3. The number of hydrogen-bond donors (Lipinski definition) is 3. The topological polar surface area (TPSA) is 136 Å². The molecule has 2 aromatic rings. The number of rotatable bonds is 10. The molecule has 4 N–H and O–H groups in total. The van der Waals surface area contributed by atoms with Crippen LogP contribution >= 0.6 is 11.6 Å². The summed E-state index contributed by atoms with van der Waals surface area (Å²) in [5, 5.41) is 17.3. The molecule has 4 rings (SSSR count). The minimum absolute atomic E-state index is 0.0710. The fourth-order valence-corrected chi connectivity index (χ4v) is 6.51. The van der Waals surface area contributed by atoms with Crippen LogP contribution in [0.1, 0.15) is 100 Å². The maximum Gasteiger partial charge on any atom is 0.275 e. The third kappa shape index (κ3) is 6.56. The SMILES string of the molecule is CCCC(c1ccc(C(=O)NCC(=N)/N=N\N)cc1)N1C(=O)C(c2cccc(Cl)c2)=NC12CCC(C(C)(C)CC)CC2. The second kappa shape index (κ2) is 13.2. The summed E-state index contributed by atoms with van der Waals surface area (Å²) >= 11 is 6.33. The Morgan fingerprint density at radius 2 is 1.90 bits per heavy atom. The van der Waals surface area contributed by atoms with Crippen molar-refractivity contribution in [3.63, 3.8) is 0 Å². The highest BCUT2D eigenvalue weighted by Gasteiger charge is 2.52. The second-order valence-electron chi connectivity index (χ2n) is 12.0. The van der Waals surface area contributed by atoms with E-state index in [4.69, 9.17) is 27.8 Å². The van der Waals surface area contributed by atoms with E-state index in [0.717, 1.165) is 56.1 Å². The molecular weight excluding hydrogens is 550 g/mol. The van der Waals surface area contributed by atoms with E-state index in [1.165, 1.54) is 0 Å². The molecule has 42 heavy (non-hydrogen) atoms. The monoisotopic (exact) mass is 591 g/mol. The lowest BCUT2D eigenvalue weighted by Gasteiger charge is -2.48. The van der Waals surface area contributed by atoms with Crippen molar-refractivity contribution in [2.45, 2.75) is 84.3 Å². The number of amides is 2. The van der Waals surface area contributed by atoms with Gasteiger partial charge in [-0.2, -0.15) is 0 Å². The quantitative estimate of drug-likeness (QED) is 0.0914. The van der Waals surface area contributed by atoms with Gasteiger partial charge in [0.2, 0.25) is 0 Å². The number of halogens is 1. The van der Waals surface area contributed by atoms with Gasteiger partial charge in [-0.05, 0) is 73.3 Å². The first-order valence-corrected chi connectivity index (χ1v) is 15.2. The molecule has 2 amide bonds. The Hall–Kier alpha value is -3.59. The first kappa shape index (κ1) is 31.3. The molecule has 1 heterocycles. The second-order valence-corrected chi connectivity index (χ2v) is 12.5. The van der Waals surface area contributed by atoms with Crippen molar-refractivity contribution in [1.82, 2.24) is 10.2 Å². The molecule has 1 aliphatic carbocycles. The van der Waals surface area contributed by atoms with Gasteiger partial charge < -0.3 is 16.1 Å². The van der Waals surface area contributed by atoms with E-state index < -0.39 is 5.66 Å². The molecule has 9 nitrogen and oxygen atoms in total. The summed E-state index contributed by atoms with van der Waals surface area (Å²) in [5.41, 5.74) is 2.24. The summed E-state index contributed by atoms with van der Waals surface area (Å²) in [6.45, 7) is 8.98. The molecule has 1 saturated carbocycles. The van der Waals surface area contributed by atoms with Crippen LogP contribution in [0.25, 0.3) is 0 Å². The van der Waals surface area contributed by atoms with Crippen LogP contribution in [0.15, 0.2) is 63.9 Å². The van der Waals surface area contributed by atoms with Crippen LogP contribution in [0.5, 0.6) is 0 Å². The number of hydrogen-bond acceptors (Lipinski definition) is 5. The van der Waals surface area contributed by atoms with Gasteiger partial charge in [-0.3, -0.25) is 20.0 Å². The molecule has 2 aliphatic rings. The number of amidine groups is 1. The van der Waals surface area contributed by atoms with Crippen molar-refractivity contribution in [3.8, 4) is 0 Å². The van der Waals surface area contributed by atoms with Crippen LogP contribution in [0, 0.1) is 16.7 Å². The van der Waals surface area contributed by atoms with Crippen molar-refractivity contribution < 1.29 is 9.59 Å². The van der Waals surface area contributed by atoms with E-state index in [9.17, 15) is 9.59 Å². The summed E-state index contributed by atoms with van der Waals surface area (Å²) in [6, 6.07) is 14.5. The Bertz CT molecular complexity index is 1360. The zero-order valence-electron chi connectivity index (χ0n) is 25.0. The van der Waals surface area contributed by atoms with Crippen LogP contribution in [0.3, 0.4) is 0 Å². The van der Waals surface area contributed by atoms with E-state index in [1.54, 1.807) is 18.2 Å². The summed E-state index contributed by atoms with van der Waals surface area (Å²) < 4.78 is 0. The van der Waals surface area contributed by atoms with Crippen LogP contribution in [0.2, 0.25) is 5.02 Å². The van der Waals surface area contributed by atoms with E-state index in [1.807, 2.05) is 35.2 Å². The highest BCUT2D eigenvalue weighted by molar-refractivity contribution is 6.47. The zero-order chi connectivity index (χ0) is 30.5. The van der Waals surface area contributed by atoms with Crippen molar-refractivity contribution in [3.05, 3.63) is 70.2 Å². The predicted molar refractivity (Wildman–Crippen MR) is 167 cm³/mol. The molecule has 1 spiro atoms. The van der Waals surface area contributed by atoms with Crippen LogP contribution in [-0.4, -0.2) is 40.5 Å². The minimum atomic E-state index is -0.622. The third-order valence-electron chi connectivity index (χ3n) is 9.12. The molecule has 0 saturated heterocycles. The fraction of sp³-hybridized carbons (Fsp3) is 0.500. The minimum Gasteiger partial charge on any atom is -0.345 e. The van der Waals surface area contributed by atoms with Crippen LogP contribution in [-0.2, 0) is 4.79 Å². The predicted octanol–water partition coefficient (Wildman–Crippen LogP) is 6.87. The molecule has 1 aliphatic heterocycles. The van der Waals surface area contributed by atoms with Gasteiger partial charge in [-0.25, -0.2) is 0 Å². The van der Waals surface area contributed by atoms with E-state index in [0.29, 0.717) is 22.2 Å². The molecule has 10 heteroatoms. The number of carbonyl (C=O) groups is 2. The summed E-state index contributed by atoms with van der Waals surface area (Å²) in [6.07, 6.45) is 6.39. The van der Waals surface area contributed by atoms with Gasteiger partial charge in [0.15, 0.2) is 5.84 Å². The number of carbonyl (C=O) groups excluding carboxylic acids is 2. The summed E-state index contributed by atoms with van der Waals surface area (Å²) in [5.74, 6) is 5.00. The number of nitrogens with one attached hydrogen (secondary N) is 2. The number of nitrogens with zero attached hydrogens (tertiary/aromatic N) is 4. The van der Waals surface area contributed by atoms with Gasteiger partial charge in [-0.15, -0.1) is 5.11 Å². The van der Waals surface area contributed by atoms with E-state index >= 15 is 0 Å². The molecular formula is C32H42ClN7O2. The zero-order valence-corrected chi connectivity index (χ0v) is 25.7. The molecule has 0 radical (unpaired) electrons. The lowest BCUT2D eigenvalue weighted by Crippen LogP contribution is -2.51. The molecule has 1 atom stereocenters. The maximum atomic E-state index is 14.3.